The van der Waals surface area contributed by atoms with Crippen molar-refractivity contribution in [1.29, 1.82) is 0 Å². The van der Waals surface area contributed by atoms with Gasteiger partial charge in [0.1, 0.15) is 12.1 Å². The number of carbonyl (C=O) groups excluding carboxylic acids is 3. The van der Waals surface area contributed by atoms with Crippen molar-refractivity contribution in [2.24, 2.45) is 5.92 Å². The molecule has 0 aromatic rings. The lowest BCUT2D eigenvalue weighted by atomic mass is 9.86. The molecule has 2 aliphatic rings. The first-order valence-electron chi connectivity index (χ1n) is 10.8. The van der Waals surface area contributed by atoms with Crippen LogP contribution in [0.2, 0.25) is 0 Å². The smallest absolute Gasteiger partial charge is 0.408 e. The summed E-state index contributed by atoms with van der Waals surface area (Å²) in [5.74, 6) is 0.742. The lowest BCUT2D eigenvalue weighted by molar-refractivity contribution is -0.131. The Labute approximate surface area is 168 Å². The maximum Gasteiger partial charge on any atom is 0.408 e. The highest BCUT2D eigenvalue weighted by Crippen LogP contribution is 2.27. The molecule has 0 bridgehead atoms. The molecule has 0 atom stereocenters. The van der Waals surface area contributed by atoms with Crippen molar-refractivity contribution >= 4 is 17.9 Å². The van der Waals surface area contributed by atoms with E-state index in [1.54, 1.807) is 25.7 Å². The van der Waals surface area contributed by atoms with Crippen molar-refractivity contribution in [2.75, 3.05) is 19.6 Å². The highest BCUT2D eigenvalue weighted by Gasteiger charge is 2.25. The van der Waals surface area contributed by atoms with E-state index in [4.69, 9.17) is 4.74 Å². The number of amides is 3. The first kappa shape index (κ1) is 22.5. The molecule has 0 radical (unpaired) electrons. The van der Waals surface area contributed by atoms with Crippen molar-refractivity contribution in [1.82, 2.24) is 15.5 Å². The minimum atomic E-state index is -0.583. The number of hydrogen-bond donors (Lipinski definition) is 2. The molecule has 160 valence electrons. The van der Waals surface area contributed by atoms with E-state index in [0.717, 1.165) is 25.2 Å². The molecule has 0 aromatic heterocycles. The van der Waals surface area contributed by atoms with Gasteiger partial charge in [0.05, 0.1) is 0 Å². The molecule has 28 heavy (non-hydrogen) atoms. The summed E-state index contributed by atoms with van der Waals surface area (Å²) in [7, 11) is 0. The fourth-order valence-electron chi connectivity index (χ4n) is 3.96. The number of carbonyl (C=O) groups is 3. The van der Waals surface area contributed by atoms with Crippen molar-refractivity contribution in [3.05, 3.63) is 0 Å². The van der Waals surface area contributed by atoms with Crippen LogP contribution in [0.15, 0.2) is 0 Å². The number of likely N-dealkylation sites (tertiary alicyclic amines) is 1. The molecule has 1 aliphatic heterocycles. The van der Waals surface area contributed by atoms with Crippen LogP contribution in [-0.4, -0.2) is 54.1 Å². The molecule has 1 heterocycles. The number of piperidine rings is 1. The topological polar surface area (TPSA) is 87.7 Å². The molecule has 1 saturated heterocycles. The minimum Gasteiger partial charge on any atom is -0.444 e. The van der Waals surface area contributed by atoms with Gasteiger partial charge in [-0.25, -0.2) is 4.79 Å². The van der Waals surface area contributed by atoms with Crippen molar-refractivity contribution in [3.63, 3.8) is 0 Å². The lowest BCUT2D eigenvalue weighted by Crippen LogP contribution is -2.49. The zero-order chi connectivity index (χ0) is 20.6. The third kappa shape index (κ3) is 8.48. The third-order valence-electron chi connectivity index (χ3n) is 5.50. The summed E-state index contributed by atoms with van der Waals surface area (Å²) < 4.78 is 5.13. The second kappa shape index (κ2) is 10.7. The Morgan fingerprint density at radius 2 is 1.64 bits per heavy atom. The molecule has 0 aromatic carbocycles. The quantitative estimate of drug-likeness (QED) is 0.724. The SMILES string of the molecule is CC(C)(C)OC(=O)NCC(=O)N1CCC(NC(=O)CCC2CCCCC2)CC1. The van der Waals surface area contributed by atoms with E-state index in [-0.39, 0.29) is 24.4 Å². The van der Waals surface area contributed by atoms with E-state index < -0.39 is 11.7 Å². The molecule has 7 nitrogen and oxygen atoms in total. The van der Waals surface area contributed by atoms with Crippen LogP contribution in [0, 0.1) is 5.92 Å². The van der Waals surface area contributed by atoms with Gasteiger partial charge >= 0.3 is 6.09 Å². The van der Waals surface area contributed by atoms with Crippen molar-refractivity contribution in [2.45, 2.75) is 90.2 Å². The molecular formula is C21H37N3O4. The van der Waals surface area contributed by atoms with Gasteiger partial charge in [-0.15, -0.1) is 0 Å². The van der Waals surface area contributed by atoms with E-state index in [9.17, 15) is 14.4 Å². The number of hydrogen-bond acceptors (Lipinski definition) is 4. The van der Waals surface area contributed by atoms with Crippen LogP contribution in [0.3, 0.4) is 0 Å². The molecular weight excluding hydrogens is 358 g/mol. The largest absolute Gasteiger partial charge is 0.444 e. The number of nitrogens with zero attached hydrogens (tertiary/aromatic N) is 1. The Morgan fingerprint density at radius 3 is 2.25 bits per heavy atom. The van der Waals surface area contributed by atoms with Crippen LogP contribution in [0.25, 0.3) is 0 Å². The van der Waals surface area contributed by atoms with Gasteiger partial charge in [-0.3, -0.25) is 9.59 Å². The summed E-state index contributed by atoms with van der Waals surface area (Å²) in [5, 5.41) is 5.63. The van der Waals surface area contributed by atoms with E-state index in [2.05, 4.69) is 10.6 Å². The summed E-state index contributed by atoms with van der Waals surface area (Å²) >= 11 is 0. The monoisotopic (exact) mass is 395 g/mol. The molecule has 2 rings (SSSR count). The lowest BCUT2D eigenvalue weighted by Gasteiger charge is -2.32. The van der Waals surface area contributed by atoms with E-state index >= 15 is 0 Å². The fourth-order valence-corrected chi connectivity index (χ4v) is 3.96. The second-order valence-corrected chi connectivity index (χ2v) is 9.12. The van der Waals surface area contributed by atoms with E-state index in [0.29, 0.717) is 19.5 Å². The molecule has 2 N–H and O–H groups in total. The molecule has 3 amide bonds. The number of nitrogens with one attached hydrogen (secondary N) is 2. The fraction of sp³-hybridized carbons (Fsp3) is 0.857. The highest BCUT2D eigenvalue weighted by molar-refractivity contribution is 5.82. The number of ether oxygens (including phenoxy) is 1. The van der Waals surface area contributed by atoms with Gasteiger partial charge < -0.3 is 20.3 Å². The predicted molar refractivity (Wildman–Crippen MR) is 108 cm³/mol. The first-order chi connectivity index (χ1) is 13.2. The summed E-state index contributed by atoms with van der Waals surface area (Å²) in [6, 6.07) is 0.140. The molecule has 2 fully saturated rings. The first-order valence-corrected chi connectivity index (χ1v) is 10.8. The second-order valence-electron chi connectivity index (χ2n) is 9.12. The van der Waals surface area contributed by atoms with Crippen molar-refractivity contribution in [3.8, 4) is 0 Å². The van der Waals surface area contributed by atoms with Crippen LogP contribution in [0.1, 0.15) is 78.6 Å². The predicted octanol–water partition coefficient (Wildman–Crippen LogP) is 2.98. The number of rotatable bonds is 6. The summed E-state index contributed by atoms with van der Waals surface area (Å²) in [4.78, 5) is 37.8. The maximum absolute atomic E-state index is 12.2. The van der Waals surface area contributed by atoms with E-state index in [1.165, 1.54) is 32.1 Å². The highest BCUT2D eigenvalue weighted by atomic mass is 16.6. The van der Waals surface area contributed by atoms with Gasteiger partial charge in [0.15, 0.2) is 0 Å². The average molecular weight is 396 g/mol. The van der Waals surface area contributed by atoms with Gasteiger partial charge in [0.25, 0.3) is 0 Å². The average Bonchev–Trinajstić information content (AvgIpc) is 2.64. The Bertz CT molecular complexity index is 530. The molecule has 1 aliphatic carbocycles. The van der Waals surface area contributed by atoms with Crippen LogP contribution in [0.4, 0.5) is 4.79 Å². The Hall–Kier alpha value is -1.79. The van der Waals surface area contributed by atoms with Gasteiger partial charge in [0, 0.05) is 25.6 Å². The Kier molecular flexibility index (Phi) is 8.58. The summed E-state index contributed by atoms with van der Waals surface area (Å²) in [6.45, 7) is 6.48. The van der Waals surface area contributed by atoms with Crippen LogP contribution >= 0.6 is 0 Å². The standard InChI is InChI=1S/C21H37N3O4/c1-21(2,3)28-20(27)22-15-19(26)24-13-11-17(12-14-24)23-18(25)10-9-16-7-5-4-6-8-16/h16-17H,4-15H2,1-3H3,(H,22,27)(H,23,25). The Balaban J connectivity index is 1.60. The maximum atomic E-state index is 12.2. The Morgan fingerprint density at radius 1 is 1.00 bits per heavy atom. The third-order valence-corrected chi connectivity index (χ3v) is 5.50. The van der Waals surface area contributed by atoms with Gasteiger partial charge in [-0.05, 0) is 46.0 Å². The van der Waals surface area contributed by atoms with E-state index in [1.807, 2.05) is 0 Å². The normalized spacial score (nSPS) is 19.2. The van der Waals surface area contributed by atoms with Crippen LogP contribution < -0.4 is 10.6 Å². The zero-order valence-electron chi connectivity index (χ0n) is 17.7. The van der Waals surface area contributed by atoms with Gasteiger partial charge in [-0.2, -0.15) is 0 Å². The van der Waals surface area contributed by atoms with Gasteiger partial charge in [-0.1, -0.05) is 32.1 Å². The molecule has 1 saturated carbocycles. The van der Waals surface area contributed by atoms with Crippen molar-refractivity contribution < 1.29 is 19.1 Å². The minimum absolute atomic E-state index is 0.0622. The summed E-state index contributed by atoms with van der Waals surface area (Å²) in [6.07, 6.45) is 9.04. The van der Waals surface area contributed by atoms with Crippen LogP contribution in [-0.2, 0) is 14.3 Å². The number of alkyl carbamates (subject to hydrolysis) is 1. The molecule has 0 spiro atoms. The zero-order valence-corrected chi connectivity index (χ0v) is 17.7. The van der Waals surface area contributed by atoms with Crippen LogP contribution in [0.5, 0.6) is 0 Å². The molecule has 7 heteroatoms. The van der Waals surface area contributed by atoms with Gasteiger partial charge in [0.2, 0.25) is 11.8 Å². The molecule has 0 unspecified atom stereocenters. The summed E-state index contributed by atoms with van der Waals surface area (Å²) in [5.41, 5.74) is -0.583.